The van der Waals surface area contributed by atoms with Gasteiger partial charge < -0.3 is 9.90 Å². The van der Waals surface area contributed by atoms with E-state index in [1.807, 2.05) is 6.92 Å². The summed E-state index contributed by atoms with van der Waals surface area (Å²) in [6, 6.07) is 0. The summed E-state index contributed by atoms with van der Waals surface area (Å²) in [6.45, 7) is 4.19. The van der Waals surface area contributed by atoms with Crippen LogP contribution in [0.15, 0.2) is 11.6 Å². The van der Waals surface area contributed by atoms with Gasteiger partial charge in [0.2, 0.25) is 0 Å². The first-order valence-corrected chi connectivity index (χ1v) is 5.93. The first kappa shape index (κ1) is 14.9. The van der Waals surface area contributed by atoms with Crippen molar-refractivity contribution in [3.05, 3.63) is 11.6 Å². The molecule has 0 heterocycles. The summed E-state index contributed by atoms with van der Waals surface area (Å²) < 4.78 is 0. The van der Waals surface area contributed by atoms with E-state index in [0.29, 0.717) is 5.92 Å². The molecule has 0 aliphatic heterocycles. The Morgan fingerprint density at radius 1 is 1.62 bits per heavy atom. The topological polar surface area (TPSA) is 37.3 Å². The molecule has 0 aromatic rings. The molecule has 1 radical (unpaired) electrons. The molecule has 0 saturated heterocycles. The quantitative estimate of drug-likeness (QED) is 0.534. The summed E-state index contributed by atoms with van der Waals surface area (Å²) in [4.78, 5) is 10.9. The molecule has 16 heavy (non-hydrogen) atoms. The van der Waals surface area contributed by atoms with E-state index in [9.17, 15) is 9.90 Å². The Kier molecular flexibility index (Phi) is 5.24. The van der Waals surface area contributed by atoms with E-state index in [2.05, 4.69) is 13.0 Å². The largest absolute Gasteiger partial charge is 0.393 e. The van der Waals surface area contributed by atoms with Crippen molar-refractivity contribution in [1.82, 2.24) is 0 Å². The van der Waals surface area contributed by atoms with Gasteiger partial charge in [-0.15, -0.1) is 0 Å². The average molecular weight is 435 g/mol. The number of rotatable bonds is 2. The fraction of sp³-hybridized carbons (Fsp3) is 0.769. The van der Waals surface area contributed by atoms with Crippen LogP contribution in [0.5, 0.6) is 0 Å². The fourth-order valence-corrected chi connectivity index (χ4v) is 3.53. The van der Waals surface area contributed by atoms with Crippen molar-refractivity contribution in [3.8, 4) is 0 Å². The number of carbonyl (C=O) groups is 1. The number of fused-ring (bicyclic) bond motifs is 1. The SMILES string of the molecule is C[C@H](C=O)C1=CCC2C(O)CCC[C@]12C.[Ac]. The number of carbonyl (C=O) groups excluding carboxylic acids is 1. The van der Waals surface area contributed by atoms with Crippen molar-refractivity contribution in [2.24, 2.45) is 17.3 Å². The van der Waals surface area contributed by atoms with Crippen molar-refractivity contribution in [3.63, 3.8) is 0 Å². The van der Waals surface area contributed by atoms with Crippen molar-refractivity contribution in [1.29, 1.82) is 0 Å². The van der Waals surface area contributed by atoms with Crippen LogP contribution in [0, 0.1) is 61.3 Å². The van der Waals surface area contributed by atoms with Crippen molar-refractivity contribution in [2.75, 3.05) is 0 Å². The second-order valence-electron chi connectivity index (χ2n) is 5.30. The molecule has 0 aromatic carbocycles. The number of allylic oxidation sites excluding steroid dienone is 2. The number of hydrogen-bond donors (Lipinski definition) is 1. The van der Waals surface area contributed by atoms with Gasteiger partial charge in [0.05, 0.1) is 6.10 Å². The number of aliphatic hydroxyl groups excluding tert-OH is 1. The molecule has 4 atom stereocenters. The van der Waals surface area contributed by atoms with Crippen LogP contribution in [0.4, 0.5) is 0 Å². The van der Waals surface area contributed by atoms with Gasteiger partial charge in [-0.1, -0.05) is 25.5 Å². The van der Waals surface area contributed by atoms with Crippen LogP contribution in [-0.4, -0.2) is 17.5 Å². The smallest absolute Gasteiger partial charge is 0.126 e. The molecule has 0 aromatic heterocycles. The van der Waals surface area contributed by atoms with Gasteiger partial charge in [0.25, 0.3) is 0 Å². The Balaban J connectivity index is 0.00000128. The molecular weight excluding hydrogens is 415 g/mol. The maximum absolute atomic E-state index is 10.9. The summed E-state index contributed by atoms with van der Waals surface area (Å²) in [5.41, 5.74) is 1.35. The van der Waals surface area contributed by atoms with Gasteiger partial charge in [-0.25, -0.2) is 0 Å². The molecule has 0 spiro atoms. The van der Waals surface area contributed by atoms with Gasteiger partial charge in [0.15, 0.2) is 0 Å². The van der Waals surface area contributed by atoms with Gasteiger partial charge in [-0.3, -0.25) is 0 Å². The van der Waals surface area contributed by atoms with Gasteiger partial charge in [0, 0.05) is 50.0 Å². The van der Waals surface area contributed by atoms with Crippen molar-refractivity contribution in [2.45, 2.75) is 45.6 Å². The van der Waals surface area contributed by atoms with E-state index in [4.69, 9.17) is 0 Å². The molecule has 2 aliphatic rings. The van der Waals surface area contributed by atoms with Crippen LogP contribution in [-0.2, 0) is 4.79 Å². The molecule has 3 heteroatoms. The zero-order valence-electron chi connectivity index (χ0n) is 10.1. The first-order chi connectivity index (χ1) is 7.09. The van der Waals surface area contributed by atoms with Crippen LogP contribution in [0.3, 0.4) is 0 Å². The molecule has 2 aliphatic carbocycles. The summed E-state index contributed by atoms with van der Waals surface area (Å²) >= 11 is 0. The maximum Gasteiger partial charge on any atom is 0.126 e. The molecule has 87 valence electrons. The summed E-state index contributed by atoms with van der Waals surface area (Å²) in [5.74, 6) is 0.369. The van der Waals surface area contributed by atoms with E-state index >= 15 is 0 Å². The molecule has 1 saturated carbocycles. The maximum atomic E-state index is 10.9. The van der Waals surface area contributed by atoms with E-state index in [-0.39, 0.29) is 61.5 Å². The van der Waals surface area contributed by atoms with E-state index in [0.717, 1.165) is 32.0 Å². The van der Waals surface area contributed by atoms with E-state index < -0.39 is 0 Å². The minimum absolute atomic E-state index is 0. The Bertz CT molecular complexity index is 300. The monoisotopic (exact) mass is 435 g/mol. The van der Waals surface area contributed by atoms with Gasteiger partial charge in [-0.2, -0.15) is 0 Å². The van der Waals surface area contributed by atoms with Crippen molar-refractivity contribution < 1.29 is 54.0 Å². The Labute approximate surface area is 133 Å². The fourth-order valence-electron chi connectivity index (χ4n) is 3.53. The summed E-state index contributed by atoms with van der Waals surface area (Å²) in [7, 11) is 0. The van der Waals surface area contributed by atoms with Gasteiger partial charge in [-0.05, 0) is 37.0 Å². The molecule has 1 fully saturated rings. The third-order valence-electron chi connectivity index (χ3n) is 4.42. The minimum atomic E-state index is -0.170. The Hall–Kier alpha value is 0.812. The van der Waals surface area contributed by atoms with Crippen molar-refractivity contribution >= 4 is 6.29 Å². The second kappa shape index (κ2) is 5.63. The predicted molar refractivity (Wildman–Crippen MR) is 59.4 cm³/mol. The molecule has 0 bridgehead atoms. The predicted octanol–water partition coefficient (Wildman–Crippen LogP) is 2.32. The third kappa shape index (κ3) is 2.33. The number of aliphatic hydroxyl groups is 1. The third-order valence-corrected chi connectivity index (χ3v) is 4.42. The Morgan fingerprint density at radius 3 is 2.94 bits per heavy atom. The molecular formula is C13H20AcO2. The standard InChI is InChI=1S/C13H20O2.Ac/c1-9(8-14)10-5-6-11-12(15)4-3-7-13(10,11)2;/h5,8-9,11-12,15H,3-4,6-7H2,1-2H3;/t9-,11?,12?,13-;/m1./s1. The minimum Gasteiger partial charge on any atom is -0.393 e. The number of hydrogen-bond acceptors (Lipinski definition) is 2. The van der Waals surface area contributed by atoms with E-state index in [1.54, 1.807) is 0 Å². The zero-order chi connectivity index (χ0) is 11.1. The average Bonchev–Trinajstić information content (AvgIpc) is 2.56. The van der Waals surface area contributed by atoms with Gasteiger partial charge in [0.1, 0.15) is 6.29 Å². The molecule has 1 N–H and O–H groups in total. The summed E-state index contributed by atoms with van der Waals surface area (Å²) in [6.07, 6.45) is 7.13. The van der Waals surface area contributed by atoms with Crippen LogP contribution in [0.2, 0.25) is 0 Å². The molecule has 2 rings (SSSR count). The van der Waals surface area contributed by atoms with Crippen LogP contribution >= 0.6 is 0 Å². The normalized spacial score (nSPS) is 39.3. The zero-order valence-corrected chi connectivity index (χ0v) is 14.9. The van der Waals surface area contributed by atoms with Crippen LogP contribution in [0.1, 0.15) is 39.5 Å². The van der Waals surface area contributed by atoms with Crippen LogP contribution in [0.25, 0.3) is 0 Å². The van der Waals surface area contributed by atoms with E-state index in [1.165, 1.54) is 5.57 Å². The molecule has 2 unspecified atom stereocenters. The Morgan fingerprint density at radius 2 is 2.31 bits per heavy atom. The molecule has 0 amide bonds. The second-order valence-corrected chi connectivity index (χ2v) is 5.30. The van der Waals surface area contributed by atoms with Crippen LogP contribution < -0.4 is 0 Å². The summed E-state index contributed by atoms with van der Waals surface area (Å²) in [5, 5.41) is 10.00. The van der Waals surface area contributed by atoms with Gasteiger partial charge >= 0.3 is 0 Å². The number of aldehydes is 1. The first-order valence-electron chi connectivity index (χ1n) is 5.93. The molecule has 2 nitrogen and oxygen atoms in total.